The molecule has 0 radical (unpaired) electrons. The summed E-state index contributed by atoms with van der Waals surface area (Å²) < 4.78 is 40.5. The minimum absolute atomic E-state index is 0.0320. The molecule has 2 aromatic rings. The molecule has 30 heavy (non-hydrogen) atoms. The summed E-state index contributed by atoms with van der Waals surface area (Å²) >= 11 is 1.70. The van der Waals surface area contributed by atoms with Gasteiger partial charge in [-0.25, -0.2) is 0 Å². The molecule has 0 aromatic heterocycles. The Hall–Kier alpha value is -2.68. The second kappa shape index (κ2) is 9.42. The maximum Gasteiger partial charge on any atom is 0.573 e. The fraction of sp³-hybridized carbons (Fsp3) is 0.333. The van der Waals surface area contributed by atoms with Crippen molar-refractivity contribution in [3.8, 4) is 5.75 Å². The summed E-state index contributed by atoms with van der Waals surface area (Å²) in [5.41, 5.74) is 1.50. The predicted octanol–water partition coefficient (Wildman–Crippen LogP) is 4.68. The molecule has 5 nitrogen and oxygen atoms in total. The molecule has 160 valence electrons. The number of carbonyl (C=O) groups excluding carboxylic acids is 2. The molecule has 0 aliphatic carbocycles. The number of fused-ring (bicyclic) bond motifs is 1. The summed E-state index contributed by atoms with van der Waals surface area (Å²) in [5.74, 6) is 0.0701. The maximum absolute atomic E-state index is 12.6. The van der Waals surface area contributed by atoms with Gasteiger partial charge in [0.05, 0.1) is 11.7 Å². The van der Waals surface area contributed by atoms with Crippen molar-refractivity contribution < 1.29 is 27.5 Å². The van der Waals surface area contributed by atoms with Crippen molar-refractivity contribution in [3.63, 3.8) is 0 Å². The first-order valence-corrected chi connectivity index (χ1v) is 10.4. The first-order chi connectivity index (χ1) is 14.2. The van der Waals surface area contributed by atoms with E-state index in [1.54, 1.807) is 23.6 Å². The van der Waals surface area contributed by atoms with Gasteiger partial charge in [-0.2, -0.15) is 0 Å². The van der Waals surface area contributed by atoms with E-state index in [9.17, 15) is 22.8 Å². The molecule has 0 fully saturated rings. The minimum atomic E-state index is -4.75. The first kappa shape index (κ1) is 22.0. The predicted molar refractivity (Wildman–Crippen MR) is 108 cm³/mol. The third-order valence-electron chi connectivity index (χ3n) is 4.59. The maximum atomic E-state index is 12.6. The van der Waals surface area contributed by atoms with Crippen molar-refractivity contribution in [2.45, 2.75) is 37.1 Å². The third kappa shape index (κ3) is 5.91. The van der Waals surface area contributed by atoms with E-state index < -0.39 is 12.4 Å². The van der Waals surface area contributed by atoms with Gasteiger partial charge in [-0.1, -0.05) is 24.3 Å². The Balaban J connectivity index is 1.50. The summed E-state index contributed by atoms with van der Waals surface area (Å²) in [6, 6.07) is 12.6. The van der Waals surface area contributed by atoms with E-state index in [2.05, 4.69) is 10.1 Å². The van der Waals surface area contributed by atoms with Crippen LogP contribution in [-0.2, 0) is 9.59 Å². The quantitative estimate of drug-likeness (QED) is 0.712. The largest absolute Gasteiger partial charge is 0.573 e. The standard InChI is InChI=1S/C21H21F3N2O3S/c1-14(15-6-8-16(9-7-15)29-21(22,23)24)25-19(27)10-11-20(28)26-12-13-30-18-5-3-2-4-17(18)26/h2-9,14H,10-13H2,1H3,(H,25,27). The van der Waals surface area contributed by atoms with Gasteiger partial charge >= 0.3 is 6.36 Å². The van der Waals surface area contributed by atoms with Crippen LogP contribution in [0.15, 0.2) is 53.4 Å². The lowest BCUT2D eigenvalue weighted by Crippen LogP contribution is -2.36. The van der Waals surface area contributed by atoms with Crippen LogP contribution in [-0.4, -0.2) is 30.5 Å². The van der Waals surface area contributed by atoms with Gasteiger partial charge in [0.25, 0.3) is 0 Å². The lowest BCUT2D eigenvalue weighted by molar-refractivity contribution is -0.274. The van der Waals surface area contributed by atoms with Gasteiger partial charge in [0.15, 0.2) is 0 Å². The van der Waals surface area contributed by atoms with Crippen molar-refractivity contribution in [2.24, 2.45) is 0 Å². The third-order valence-corrected chi connectivity index (χ3v) is 5.63. The van der Waals surface area contributed by atoms with Crippen LogP contribution in [0.25, 0.3) is 0 Å². The number of para-hydroxylation sites is 1. The van der Waals surface area contributed by atoms with E-state index in [4.69, 9.17) is 0 Å². The van der Waals surface area contributed by atoms with Crippen LogP contribution in [0.5, 0.6) is 5.75 Å². The Bertz CT molecular complexity index is 903. The molecule has 0 saturated heterocycles. The van der Waals surface area contributed by atoms with E-state index in [1.165, 1.54) is 24.3 Å². The lowest BCUT2D eigenvalue weighted by atomic mass is 10.1. The number of thioether (sulfide) groups is 1. The highest BCUT2D eigenvalue weighted by molar-refractivity contribution is 7.99. The van der Waals surface area contributed by atoms with Gasteiger partial charge in [0.1, 0.15) is 5.75 Å². The zero-order chi connectivity index (χ0) is 21.7. The number of anilines is 1. The van der Waals surface area contributed by atoms with E-state index in [0.717, 1.165) is 16.3 Å². The molecule has 1 unspecified atom stereocenters. The van der Waals surface area contributed by atoms with Crippen molar-refractivity contribution in [2.75, 3.05) is 17.2 Å². The van der Waals surface area contributed by atoms with E-state index in [-0.39, 0.29) is 30.4 Å². The number of hydrogen-bond acceptors (Lipinski definition) is 4. The minimum Gasteiger partial charge on any atom is -0.406 e. The van der Waals surface area contributed by atoms with Crippen LogP contribution in [0.3, 0.4) is 0 Å². The van der Waals surface area contributed by atoms with Crippen LogP contribution in [0, 0.1) is 0 Å². The molecule has 2 aromatic carbocycles. The summed E-state index contributed by atoms with van der Waals surface area (Å²) in [6.45, 7) is 2.32. The number of carbonyl (C=O) groups is 2. The highest BCUT2D eigenvalue weighted by Crippen LogP contribution is 2.34. The molecule has 1 atom stereocenters. The number of nitrogens with zero attached hydrogens (tertiary/aromatic N) is 1. The van der Waals surface area contributed by atoms with Crippen molar-refractivity contribution in [3.05, 3.63) is 54.1 Å². The van der Waals surface area contributed by atoms with Gasteiger partial charge in [0.2, 0.25) is 11.8 Å². The number of nitrogens with one attached hydrogen (secondary N) is 1. The highest BCUT2D eigenvalue weighted by atomic mass is 32.2. The molecule has 3 rings (SSSR count). The smallest absolute Gasteiger partial charge is 0.406 e. The molecule has 1 aliphatic heterocycles. The van der Waals surface area contributed by atoms with Gasteiger partial charge in [0, 0.05) is 30.0 Å². The lowest BCUT2D eigenvalue weighted by Gasteiger charge is -2.29. The summed E-state index contributed by atoms with van der Waals surface area (Å²) in [7, 11) is 0. The van der Waals surface area contributed by atoms with Crippen molar-refractivity contribution >= 4 is 29.3 Å². The molecule has 0 bridgehead atoms. The van der Waals surface area contributed by atoms with Crippen LogP contribution in [0.1, 0.15) is 31.4 Å². The number of alkyl halides is 3. The molecule has 1 N–H and O–H groups in total. The highest BCUT2D eigenvalue weighted by Gasteiger charge is 2.31. The van der Waals surface area contributed by atoms with Gasteiger partial charge in [-0.3, -0.25) is 9.59 Å². The van der Waals surface area contributed by atoms with E-state index in [0.29, 0.717) is 12.1 Å². The Morgan fingerprint density at radius 1 is 1.13 bits per heavy atom. The number of hydrogen-bond donors (Lipinski definition) is 1. The van der Waals surface area contributed by atoms with Gasteiger partial charge in [-0.15, -0.1) is 24.9 Å². The number of amides is 2. The van der Waals surface area contributed by atoms with Crippen LogP contribution < -0.4 is 15.0 Å². The Labute approximate surface area is 176 Å². The zero-order valence-corrected chi connectivity index (χ0v) is 17.1. The van der Waals surface area contributed by atoms with Crippen LogP contribution in [0.4, 0.5) is 18.9 Å². The number of rotatable bonds is 6. The van der Waals surface area contributed by atoms with Gasteiger partial charge < -0.3 is 15.0 Å². The molecule has 1 aliphatic rings. The van der Waals surface area contributed by atoms with Crippen LogP contribution in [0.2, 0.25) is 0 Å². The van der Waals surface area contributed by atoms with E-state index in [1.807, 2.05) is 24.3 Å². The van der Waals surface area contributed by atoms with Crippen molar-refractivity contribution in [1.82, 2.24) is 5.32 Å². The molecule has 0 spiro atoms. The number of ether oxygens (including phenoxy) is 1. The summed E-state index contributed by atoms with van der Waals surface area (Å²) in [4.78, 5) is 27.6. The molecule has 2 amide bonds. The zero-order valence-electron chi connectivity index (χ0n) is 16.2. The fourth-order valence-electron chi connectivity index (χ4n) is 3.14. The summed E-state index contributed by atoms with van der Waals surface area (Å²) in [6.07, 6.45) is -4.64. The average Bonchev–Trinajstić information content (AvgIpc) is 2.71. The fourth-order valence-corrected chi connectivity index (χ4v) is 4.13. The monoisotopic (exact) mass is 438 g/mol. The van der Waals surface area contributed by atoms with E-state index >= 15 is 0 Å². The topological polar surface area (TPSA) is 58.6 Å². The second-order valence-electron chi connectivity index (χ2n) is 6.77. The molecular weight excluding hydrogens is 417 g/mol. The average molecular weight is 438 g/mol. The Morgan fingerprint density at radius 3 is 2.53 bits per heavy atom. The molecule has 0 saturated carbocycles. The Morgan fingerprint density at radius 2 is 1.83 bits per heavy atom. The van der Waals surface area contributed by atoms with Crippen molar-refractivity contribution in [1.29, 1.82) is 0 Å². The normalized spacial score (nSPS) is 14.6. The van der Waals surface area contributed by atoms with Gasteiger partial charge in [-0.05, 0) is 36.8 Å². The molecule has 1 heterocycles. The summed E-state index contributed by atoms with van der Waals surface area (Å²) in [5, 5.41) is 2.76. The molecular formula is C21H21F3N2O3S. The van der Waals surface area contributed by atoms with Crippen LogP contribution >= 0.6 is 11.8 Å². The number of benzene rings is 2. The molecule has 9 heteroatoms. The SMILES string of the molecule is CC(NC(=O)CCC(=O)N1CCSc2ccccc21)c1ccc(OC(F)(F)F)cc1. The Kier molecular flexibility index (Phi) is 6.91. The first-order valence-electron chi connectivity index (χ1n) is 9.40. The second-order valence-corrected chi connectivity index (χ2v) is 7.90. The number of halogens is 3.